The molecule has 0 saturated heterocycles. The first-order valence-corrected chi connectivity index (χ1v) is 5.72. The lowest BCUT2D eigenvalue weighted by Gasteiger charge is -2.21. The SMILES string of the molecule is C[C@H](NC(=O)OC(C)(C)C)C(=O)NC1=C=CC=C1. The fourth-order valence-electron chi connectivity index (χ4n) is 1.20. The second kappa shape index (κ2) is 5.56. The third kappa shape index (κ3) is 4.89. The topological polar surface area (TPSA) is 67.4 Å². The maximum atomic E-state index is 11.7. The molecule has 0 spiro atoms. The van der Waals surface area contributed by atoms with Gasteiger partial charge in [-0.05, 0) is 39.8 Å². The molecule has 1 aliphatic rings. The Balaban J connectivity index is 2.42. The van der Waals surface area contributed by atoms with Crippen LogP contribution in [0.2, 0.25) is 0 Å². The van der Waals surface area contributed by atoms with E-state index in [4.69, 9.17) is 4.74 Å². The molecular weight excluding hydrogens is 232 g/mol. The number of carbonyl (C=O) groups is 2. The van der Waals surface area contributed by atoms with Crippen LogP contribution >= 0.6 is 0 Å². The molecule has 0 heterocycles. The number of hydrogen-bond donors (Lipinski definition) is 2. The van der Waals surface area contributed by atoms with Crippen LogP contribution in [-0.4, -0.2) is 23.6 Å². The zero-order chi connectivity index (χ0) is 13.8. The molecule has 0 aromatic heterocycles. The van der Waals surface area contributed by atoms with Crippen LogP contribution in [0.15, 0.2) is 29.7 Å². The smallest absolute Gasteiger partial charge is 0.408 e. The maximum absolute atomic E-state index is 11.7. The zero-order valence-electron chi connectivity index (χ0n) is 11.0. The van der Waals surface area contributed by atoms with Gasteiger partial charge in [-0.25, -0.2) is 4.79 Å². The van der Waals surface area contributed by atoms with Crippen molar-refractivity contribution in [2.75, 3.05) is 0 Å². The van der Waals surface area contributed by atoms with E-state index in [9.17, 15) is 9.59 Å². The van der Waals surface area contributed by atoms with Gasteiger partial charge in [0.05, 0.1) is 5.70 Å². The lowest BCUT2D eigenvalue weighted by Crippen LogP contribution is -2.46. The summed E-state index contributed by atoms with van der Waals surface area (Å²) in [7, 11) is 0. The number of alkyl carbamates (subject to hydrolysis) is 1. The van der Waals surface area contributed by atoms with Crippen LogP contribution in [0.4, 0.5) is 4.79 Å². The van der Waals surface area contributed by atoms with Crippen LogP contribution in [0.1, 0.15) is 27.7 Å². The Labute approximate surface area is 107 Å². The van der Waals surface area contributed by atoms with E-state index in [1.807, 2.05) is 0 Å². The fraction of sp³-hybridized carbons (Fsp3) is 0.462. The van der Waals surface area contributed by atoms with Crippen LogP contribution in [0.3, 0.4) is 0 Å². The normalized spacial score (nSPS) is 15.0. The van der Waals surface area contributed by atoms with E-state index in [1.165, 1.54) is 0 Å². The highest BCUT2D eigenvalue weighted by atomic mass is 16.6. The molecule has 1 rings (SSSR count). The van der Waals surface area contributed by atoms with Gasteiger partial charge in [0.25, 0.3) is 0 Å². The summed E-state index contributed by atoms with van der Waals surface area (Å²) in [5.74, 6) is -0.316. The Bertz CT molecular complexity index is 438. The van der Waals surface area contributed by atoms with Gasteiger partial charge in [0.1, 0.15) is 11.6 Å². The van der Waals surface area contributed by atoms with E-state index in [0.29, 0.717) is 5.70 Å². The number of rotatable bonds is 3. The van der Waals surface area contributed by atoms with Crippen molar-refractivity contribution in [3.8, 4) is 0 Å². The van der Waals surface area contributed by atoms with Gasteiger partial charge in [0, 0.05) is 0 Å². The summed E-state index contributed by atoms with van der Waals surface area (Å²) < 4.78 is 5.06. The molecule has 0 aromatic carbocycles. The minimum Gasteiger partial charge on any atom is -0.444 e. The number of ether oxygens (including phenoxy) is 1. The molecule has 0 bridgehead atoms. The standard InChI is InChI=1S/C13H18N2O3/c1-9(14-12(17)18-13(2,3)4)11(16)15-10-7-5-6-8-10/h5-7,9H,1-4H3,(H,14,17)(H,15,16)/t9-/m0/s1. The Hall–Kier alpha value is -2.00. The highest BCUT2D eigenvalue weighted by Gasteiger charge is 2.21. The predicted molar refractivity (Wildman–Crippen MR) is 67.7 cm³/mol. The van der Waals surface area contributed by atoms with E-state index in [-0.39, 0.29) is 5.91 Å². The van der Waals surface area contributed by atoms with Gasteiger partial charge >= 0.3 is 6.09 Å². The van der Waals surface area contributed by atoms with Crippen molar-refractivity contribution >= 4 is 12.0 Å². The molecule has 0 aromatic rings. The number of allylic oxidation sites excluding steroid dienone is 2. The highest BCUT2D eigenvalue weighted by Crippen LogP contribution is 2.06. The summed E-state index contributed by atoms with van der Waals surface area (Å²) >= 11 is 0. The molecule has 0 saturated carbocycles. The third-order valence-electron chi connectivity index (χ3n) is 1.98. The molecule has 18 heavy (non-hydrogen) atoms. The average Bonchev–Trinajstić information content (AvgIpc) is 2.66. The summed E-state index contributed by atoms with van der Waals surface area (Å²) in [4.78, 5) is 23.2. The van der Waals surface area contributed by atoms with Crippen molar-refractivity contribution in [2.24, 2.45) is 0 Å². The quantitative estimate of drug-likeness (QED) is 0.748. The van der Waals surface area contributed by atoms with Crippen LogP contribution < -0.4 is 10.6 Å². The van der Waals surface area contributed by atoms with Gasteiger partial charge in [0.15, 0.2) is 0 Å². The number of amides is 2. The molecule has 0 aliphatic heterocycles. The molecule has 5 heteroatoms. The lowest BCUT2D eigenvalue weighted by molar-refractivity contribution is -0.122. The number of hydrogen-bond acceptors (Lipinski definition) is 3. The lowest BCUT2D eigenvalue weighted by atomic mass is 10.2. The van der Waals surface area contributed by atoms with Gasteiger partial charge in [0.2, 0.25) is 5.91 Å². The Morgan fingerprint density at radius 1 is 1.39 bits per heavy atom. The summed E-state index contributed by atoms with van der Waals surface area (Å²) in [6.45, 7) is 6.87. The van der Waals surface area contributed by atoms with Crippen molar-refractivity contribution in [3.63, 3.8) is 0 Å². The van der Waals surface area contributed by atoms with E-state index in [0.717, 1.165) is 0 Å². The van der Waals surface area contributed by atoms with Crippen molar-refractivity contribution in [2.45, 2.75) is 39.3 Å². The zero-order valence-corrected chi connectivity index (χ0v) is 11.0. The summed E-state index contributed by atoms with van der Waals surface area (Å²) in [5.41, 5.74) is 2.84. The second-order valence-electron chi connectivity index (χ2n) is 4.94. The first-order chi connectivity index (χ1) is 8.28. The highest BCUT2D eigenvalue weighted by molar-refractivity contribution is 5.86. The average molecular weight is 250 g/mol. The van der Waals surface area contributed by atoms with Gasteiger partial charge in [-0.2, -0.15) is 0 Å². The summed E-state index contributed by atoms with van der Waals surface area (Å²) in [5, 5.41) is 5.09. The van der Waals surface area contributed by atoms with Crippen LogP contribution in [0.5, 0.6) is 0 Å². The van der Waals surface area contributed by atoms with Crippen molar-refractivity contribution in [3.05, 3.63) is 29.7 Å². The van der Waals surface area contributed by atoms with Crippen molar-refractivity contribution in [1.82, 2.24) is 10.6 Å². The summed E-state index contributed by atoms with van der Waals surface area (Å²) in [6, 6.07) is -0.678. The van der Waals surface area contributed by atoms with Gasteiger partial charge in [-0.15, -0.1) is 0 Å². The summed E-state index contributed by atoms with van der Waals surface area (Å²) in [6.07, 6.45) is 4.57. The van der Waals surface area contributed by atoms with E-state index >= 15 is 0 Å². The van der Waals surface area contributed by atoms with Crippen LogP contribution in [0.25, 0.3) is 0 Å². The first-order valence-electron chi connectivity index (χ1n) is 5.72. The molecule has 0 radical (unpaired) electrons. The Kier molecular flexibility index (Phi) is 4.34. The van der Waals surface area contributed by atoms with E-state index in [2.05, 4.69) is 16.4 Å². The molecule has 1 aliphatic carbocycles. The van der Waals surface area contributed by atoms with Crippen LogP contribution in [0, 0.1) is 0 Å². The molecule has 0 fully saturated rings. The molecule has 2 amide bonds. The predicted octanol–water partition coefficient (Wildman–Crippen LogP) is 1.62. The molecular formula is C13H18N2O3. The first kappa shape index (κ1) is 14.1. The second-order valence-corrected chi connectivity index (χ2v) is 4.94. The van der Waals surface area contributed by atoms with E-state index < -0.39 is 17.7 Å². The van der Waals surface area contributed by atoms with Gasteiger partial charge in [-0.3, -0.25) is 4.79 Å². The molecule has 2 N–H and O–H groups in total. The van der Waals surface area contributed by atoms with Crippen molar-refractivity contribution < 1.29 is 14.3 Å². The minimum absolute atomic E-state index is 0.316. The third-order valence-corrected chi connectivity index (χ3v) is 1.98. The number of carbonyl (C=O) groups excluding carboxylic acids is 2. The largest absolute Gasteiger partial charge is 0.444 e. The Morgan fingerprint density at radius 2 is 2.06 bits per heavy atom. The minimum atomic E-state index is -0.678. The Morgan fingerprint density at radius 3 is 2.56 bits per heavy atom. The van der Waals surface area contributed by atoms with E-state index in [1.54, 1.807) is 45.9 Å². The monoisotopic (exact) mass is 250 g/mol. The van der Waals surface area contributed by atoms with Gasteiger partial charge in [-0.1, -0.05) is 11.8 Å². The molecule has 1 atom stereocenters. The van der Waals surface area contributed by atoms with Crippen molar-refractivity contribution in [1.29, 1.82) is 0 Å². The van der Waals surface area contributed by atoms with Gasteiger partial charge < -0.3 is 15.4 Å². The molecule has 98 valence electrons. The van der Waals surface area contributed by atoms with Crippen LogP contribution in [-0.2, 0) is 9.53 Å². The fourth-order valence-corrected chi connectivity index (χ4v) is 1.20. The maximum Gasteiger partial charge on any atom is 0.408 e. The molecule has 0 unspecified atom stereocenters. The molecule has 5 nitrogen and oxygen atoms in total. The number of nitrogens with one attached hydrogen (secondary N) is 2.